The normalized spacial score (nSPS) is 22.4. The Morgan fingerprint density at radius 1 is 1.11 bits per heavy atom. The maximum atomic E-state index is 12.1. The number of esters is 1. The lowest BCUT2D eigenvalue weighted by molar-refractivity contribution is -0.146. The fraction of sp³-hybridized carbons (Fsp3) is 0.455. The molecule has 144 valence electrons. The molecule has 2 aromatic rings. The Labute approximate surface area is 165 Å². The summed E-state index contributed by atoms with van der Waals surface area (Å²) in [7, 11) is 0. The minimum atomic E-state index is -0.367. The average Bonchev–Trinajstić information content (AvgIpc) is 2.68. The topological polar surface area (TPSA) is 55.4 Å². The van der Waals surface area contributed by atoms with Gasteiger partial charge in [-0.3, -0.25) is 9.59 Å². The molecular formula is C22H27NO3S. The molecule has 3 rings (SSSR count). The molecule has 0 saturated heterocycles. The van der Waals surface area contributed by atoms with Gasteiger partial charge in [0, 0.05) is 10.9 Å². The van der Waals surface area contributed by atoms with Gasteiger partial charge in [-0.05, 0) is 41.2 Å². The summed E-state index contributed by atoms with van der Waals surface area (Å²) in [5, 5.41) is 5.34. The van der Waals surface area contributed by atoms with Crippen LogP contribution in [0, 0.1) is 11.8 Å². The molecule has 3 atom stereocenters. The SMILES string of the molecule is C[C@H]1[C@H](C)CCC[C@H]1NC(=O)COC(=O)CSc1ccc2ccccc2c1. The predicted octanol–water partition coefficient (Wildman–Crippen LogP) is 4.42. The van der Waals surface area contributed by atoms with E-state index >= 15 is 0 Å². The van der Waals surface area contributed by atoms with Crippen molar-refractivity contribution in [3.63, 3.8) is 0 Å². The highest BCUT2D eigenvalue weighted by Crippen LogP contribution is 2.29. The highest BCUT2D eigenvalue weighted by Gasteiger charge is 2.28. The molecule has 1 amide bonds. The Morgan fingerprint density at radius 2 is 1.89 bits per heavy atom. The fourth-order valence-corrected chi connectivity index (χ4v) is 4.36. The van der Waals surface area contributed by atoms with Crippen LogP contribution in [0.15, 0.2) is 47.4 Å². The van der Waals surface area contributed by atoms with Crippen LogP contribution in [0.4, 0.5) is 0 Å². The molecule has 0 bridgehead atoms. The number of carbonyl (C=O) groups is 2. The van der Waals surface area contributed by atoms with E-state index in [0.717, 1.165) is 23.1 Å². The van der Waals surface area contributed by atoms with E-state index in [2.05, 4.69) is 37.4 Å². The highest BCUT2D eigenvalue weighted by atomic mass is 32.2. The van der Waals surface area contributed by atoms with Crippen LogP contribution in [0.1, 0.15) is 33.1 Å². The van der Waals surface area contributed by atoms with Crippen LogP contribution >= 0.6 is 11.8 Å². The Balaban J connectivity index is 1.41. The Hall–Kier alpha value is -2.01. The molecule has 27 heavy (non-hydrogen) atoms. The van der Waals surface area contributed by atoms with Crippen LogP contribution in [-0.2, 0) is 14.3 Å². The third-order valence-electron chi connectivity index (χ3n) is 5.50. The van der Waals surface area contributed by atoms with Gasteiger partial charge in [-0.25, -0.2) is 0 Å². The molecule has 0 aromatic heterocycles. The number of fused-ring (bicyclic) bond motifs is 1. The molecular weight excluding hydrogens is 358 g/mol. The van der Waals surface area contributed by atoms with Crippen LogP contribution in [0.25, 0.3) is 10.8 Å². The molecule has 4 nitrogen and oxygen atoms in total. The molecule has 1 aliphatic rings. The second kappa shape index (κ2) is 9.27. The number of benzene rings is 2. The Morgan fingerprint density at radius 3 is 2.70 bits per heavy atom. The first-order valence-electron chi connectivity index (χ1n) is 9.59. The van der Waals surface area contributed by atoms with E-state index in [4.69, 9.17) is 4.74 Å². The van der Waals surface area contributed by atoms with Crippen molar-refractivity contribution >= 4 is 34.4 Å². The standard InChI is InChI=1S/C22H27NO3S/c1-15-6-5-9-20(16(15)2)23-21(24)13-26-22(25)14-27-19-11-10-17-7-3-4-8-18(17)12-19/h3-4,7-8,10-12,15-16,20H,5-6,9,13-14H2,1-2H3,(H,23,24)/t15-,16+,20-/m1/s1. The largest absolute Gasteiger partial charge is 0.455 e. The zero-order valence-corrected chi connectivity index (χ0v) is 16.8. The van der Waals surface area contributed by atoms with E-state index in [-0.39, 0.29) is 30.3 Å². The van der Waals surface area contributed by atoms with Crippen molar-refractivity contribution in [1.82, 2.24) is 5.32 Å². The summed E-state index contributed by atoms with van der Waals surface area (Å²) in [6.45, 7) is 4.21. The van der Waals surface area contributed by atoms with Crippen LogP contribution in [0.5, 0.6) is 0 Å². The number of nitrogens with one attached hydrogen (secondary N) is 1. The van der Waals surface area contributed by atoms with Crippen molar-refractivity contribution in [1.29, 1.82) is 0 Å². The van der Waals surface area contributed by atoms with Gasteiger partial charge >= 0.3 is 5.97 Å². The molecule has 2 aromatic carbocycles. The Kier molecular flexibility index (Phi) is 6.78. The quantitative estimate of drug-likeness (QED) is 0.591. The smallest absolute Gasteiger partial charge is 0.316 e. The number of amides is 1. The van der Waals surface area contributed by atoms with Gasteiger partial charge in [0.25, 0.3) is 5.91 Å². The maximum Gasteiger partial charge on any atom is 0.316 e. The first-order valence-corrected chi connectivity index (χ1v) is 10.6. The highest BCUT2D eigenvalue weighted by molar-refractivity contribution is 8.00. The van der Waals surface area contributed by atoms with Gasteiger partial charge in [-0.2, -0.15) is 0 Å². The van der Waals surface area contributed by atoms with Crippen LogP contribution in [0.3, 0.4) is 0 Å². The molecule has 0 radical (unpaired) electrons. The van der Waals surface area contributed by atoms with E-state index in [1.807, 2.05) is 24.3 Å². The number of rotatable bonds is 6. The van der Waals surface area contributed by atoms with Gasteiger partial charge in [0.05, 0.1) is 5.75 Å². The van der Waals surface area contributed by atoms with Crippen molar-refractivity contribution in [2.45, 2.75) is 44.0 Å². The van der Waals surface area contributed by atoms with Gasteiger partial charge in [0.15, 0.2) is 6.61 Å². The number of ether oxygens (including phenoxy) is 1. The first-order chi connectivity index (χ1) is 13.0. The van der Waals surface area contributed by atoms with Gasteiger partial charge in [0.1, 0.15) is 0 Å². The molecule has 0 aliphatic heterocycles. The lowest BCUT2D eigenvalue weighted by Gasteiger charge is -2.34. The van der Waals surface area contributed by atoms with E-state index in [1.54, 1.807) is 0 Å². The monoisotopic (exact) mass is 385 g/mol. The summed E-state index contributed by atoms with van der Waals surface area (Å²) >= 11 is 1.43. The lowest BCUT2D eigenvalue weighted by Crippen LogP contribution is -2.45. The van der Waals surface area contributed by atoms with Crippen molar-refractivity contribution < 1.29 is 14.3 Å². The van der Waals surface area contributed by atoms with Gasteiger partial charge in [-0.15, -0.1) is 11.8 Å². The van der Waals surface area contributed by atoms with Crippen LogP contribution < -0.4 is 5.32 Å². The number of thioether (sulfide) groups is 1. The van der Waals surface area contributed by atoms with E-state index in [1.165, 1.54) is 23.6 Å². The first kappa shape index (κ1) is 19.7. The van der Waals surface area contributed by atoms with Crippen LogP contribution in [0.2, 0.25) is 0 Å². The van der Waals surface area contributed by atoms with Crippen molar-refractivity contribution in [2.75, 3.05) is 12.4 Å². The molecule has 1 saturated carbocycles. The minimum Gasteiger partial charge on any atom is -0.455 e. The molecule has 0 unspecified atom stereocenters. The number of hydrogen-bond acceptors (Lipinski definition) is 4. The van der Waals surface area contributed by atoms with Crippen molar-refractivity contribution in [2.24, 2.45) is 11.8 Å². The zero-order valence-electron chi connectivity index (χ0n) is 15.9. The minimum absolute atomic E-state index is 0.187. The summed E-state index contributed by atoms with van der Waals surface area (Å²) in [5.74, 6) is 0.702. The predicted molar refractivity (Wildman–Crippen MR) is 110 cm³/mol. The van der Waals surface area contributed by atoms with E-state index < -0.39 is 0 Å². The van der Waals surface area contributed by atoms with Gasteiger partial charge < -0.3 is 10.1 Å². The third kappa shape index (κ3) is 5.48. The van der Waals surface area contributed by atoms with Gasteiger partial charge in [0.2, 0.25) is 0 Å². The van der Waals surface area contributed by atoms with Crippen molar-refractivity contribution in [3.8, 4) is 0 Å². The summed E-state index contributed by atoms with van der Waals surface area (Å²) in [6, 6.07) is 14.4. The molecule has 1 aliphatic carbocycles. The average molecular weight is 386 g/mol. The van der Waals surface area contributed by atoms with Crippen LogP contribution in [-0.4, -0.2) is 30.3 Å². The molecule has 1 fully saturated rings. The molecule has 0 heterocycles. The molecule has 5 heteroatoms. The summed E-state index contributed by atoms with van der Waals surface area (Å²) in [4.78, 5) is 25.1. The fourth-order valence-electron chi connectivity index (χ4n) is 3.62. The van der Waals surface area contributed by atoms with Gasteiger partial charge in [-0.1, -0.05) is 57.0 Å². The lowest BCUT2D eigenvalue weighted by atomic mass is 9.78. The molecule has 0 spiro atoms. The third-order valence-corrected chi connectivity index (χ3v) is 6.46. The number of carbonyl (C=O) groups excluding carboxylic acids is 2. The second-order valence-corrected chi connectivity index (χ2v) is 8.45. The van der Waals surface area contributed by atoms with E-state index in [9.17, 15) is 9.59 Å². The number of hydrogen-bond donors (Lipinski definition) is 1. The Bertz CT molecular complexity index is 807. The summed E-state index contributed by atoms with van der Waals surface area (Å²) in [6.07, 6.45) is 3.36. The summed E-state index contributed by atoms with van der Waals surface area (Å²) in [5.41, 5.74) is 0. The second-order valence-electron chi connectivity index (χ2n) is 7.40. The van der Waals surface area contributed by atoms with Crippen molar-refractivity contribution in [3.05, 3.63) is 42.5 Å². The maximum absolute atomic E-state index is 12.1. The zero-order chi connectivity index (χ0) is 19.2. The molecule has 1 N–H and O–H groups in total. The van der Waals surface area contributed by atoms with E-state index in [0.29, 0.717) is 11.8 Å². The summed E-state index contributed by atoms with van der Waals surface area (Å²) < 4.78 is 5.14.